The van der Waals surface area contributed by atoms with E-state index in [-0.39, 0.29) is 11.0 Å². The topological polar surface area (TPSA) is 69.1 Å². The van der Waals surface area contributed by atoms with Crippen molar-refractivity contribution < 1.29 is 9.32 Å². The fourth-order valence-electron chi connectivity index (χ4n) is 0.512. The normalized spacial score (nSPS) is 9.70. The number of nitrogen functional groups attached to an aromatic ring is 1. The fourth-order valence-corrected chi connectivity index (χ4v) is 0.885. The Morgan fingerprint density at radius 3 is 3.00 bits per heavy atom. The van der Waals surface area contributed by atoms with Gasteiger partial charge in [0, 0.05) is 0 Å². The second-order valence-corrected chi connectivity index (χ2v) is 2.37. The second-order valence-electron chi connectivity index (χ2n) is 1.60. The van der Waals surface area contributed by atoms with Crippen LogP contribution in [0.15, 0.2) is 10.7 Å². The van der Waals surface area contributed by atoms with E-state index in [1.807, 2.05) is 0 Å². The van der Waals surface area contributed by atoms with Crippen molar-refractivity contribution in [2.75, 3.05) is 12.0 Å². The summed E-state index contributed by atoms with van der Waals surface area (Å²) in [5.74, 6) is 0.0827. The van der Waals surface area contributed by atoms with Crippen molar-refractivity contribution in [3.05, 3.63) is 11.8 Å². The highest BCUT2D eigenvalue weighted by Crippen LogP contribution is 2.15. The standard InChI is InChI=1S/C5H6N2O2S/c1-10-5(8)3-2-7-9-4(3)6/h2H,6H2,1H3. The lowest BCUT2D eigenvalue weighted by Crippen LogP contribution is -1.94. The summed E-state index contributed by atoms with van der Waals surface area (Å²) in [6.07, 6.45) is 2.99. The molecule has 0 bridgehead atoms. The van der Waals surface area contributed by atoms with E-state index in [9.17, 15) is 4.79 Å². The minimum absolute atomic E-state index is 0.0827. The van der Waals surface area contributed by atoms with Gasteiger partial charge in [0.25, 0.3) is 0 Å². The minimum Gasteiger partial charge on any atom is -0.367 e. The molecule has 1 aromatic heterocycles. The number of nitrogens with two attached hydrogens (primary N) is 1. The Hall–Kier alpha value is -0.970. The first kappa shape index (κ1) is 7.14. The molecule has 1 aromatic rings. The van der Waals surface area contributed by atoms with Crippen LogP contribution in [0.5, 0.6) is 0 Å². The number of nitrogens with zero attached hydrogens (tertiary/aromatic N) is 1. The summed E-state index contributed by atoms with van der Waals surface area (Å²) >= 11 is 1.08. The summed E-state index contributed by atoms with van der Waals surface area (Å²) < 4.78 is 4.48. The van der Waals surface area contributed by atoms with Gasteiger partial charge in [-0.15, -0.1) is 0 Å². The summed E-state index contributed by atoms with van der Waals surface area (Å²) in [7, 11) is 0. The van der Waals surface area contributed by atoms with Crippen molar-refractivity contribution in [3.63, 3.8) is 0 Å². The van der Waals surface area contributed by atoms with Gasteiger partial charge in [0.1, 0.15) is 5.56 Å². The molecule has 0 aliphatic heterocycles. The zero-order valence-electron chi connectivity index (χ0n) is 5.33. The molecule has 4 nitrogen and oxygen atoms in total. The lowest BCUT2D eigenvalue weighted by molar-refractivity contribution is 0.109. The molecule has 0 saturated carbocycles. The molecule has 0 radical (unpaired) electrons. The third-order valence-corrected chi connectivity index (χ3v) is 1.59. The molecule has 1 heterocycles. The third-order valence-electron chi connectivity index (χ3n) is 1.00. The molecule has 0 saturated heterocycles. The molecule has 0 aromatic carbocycles. The van der Waals surface area contributed by atoms with E-state index < -0.39 is 0 Å². The highest BCUT2D eigenvalue weighted by atomic mass is 32.2. The van der Waals surface area contributed by atoms with E-state index in [4.69, 9.17) is 5.73 Å². The van der Waals surface area contributed by atoms with Crippen LogP contribution in [0.2, 0.25) is 0 Å². The molecule has 2 N–H and O–H groups in total. The maximum atomic E-state index is 10.9. The van der Waals surface area contributed by atoms with Crippen LogP contribution >= 0.6 is 11.8 Å². The van der Waals surface area contributed by atoms with Crippen LogP contribution in [0, 0.1) is 0 Å². The summed E-state index contributed by atoms with van der Waals surface area (Å²) in [5, 5.41) is 3.23. The van der Waals surface area contributed by atoms with Crippen LogP contribution < -0.4 is 5.73 Å². The Labute approximate surface area is 61.8 Å². The Morgan fingerprint density at radius 1 is 1.90 bits per heavy atom. The van der Waals surface area contributed by atoms with Crippen LogP contribution in [0.25, 0.3) is 0 Å². The van der Waals surface area contributed by atoms with Crippen molar-refractivity contribution in [3.8, 4) is 0 Å². The minimum atomic E-state index is -0.126. The van der Waals surface area contributed by atoms with Crippen LogP contribution in [0.4, 0.5) is 5.88 Å². The highest BCUT2D eigenvalue weighted by molar-refractivity contribution is 8.13. The number of aromatic nitrogens is 1. The molecule has 0 unspecified atom stereocenters. The van der Waals surface area contributed by atoms with Crippen molar-refractivity contribution >= 4 is 22.8 Å². The first-order valence-electron chi connectivity index (χ1n) is 2.54. The monoisotopic (exact) mass is 158 g/mol. The van der Waals surface area contributed by atoms with Gasteiger partial charge in [-0.05, 0) is 6.26 Å². The number of anilines is 1. The average Bonchev–Trinajstić information content (AvgIpc) is 2.34. The molecule has 0 amide bonds. The highest BCUT2D eigenvalue weighted by Gasteiger charge is 2.11. The van der Waals surface area contributed by atoms with Crippen molar-refractivity contribution in [2.45, 2.75) is 0 Å². The predicted octanol–water partition coefficient (Wildman–Crippen LogP) is 0.760. The van der Waals surface area contributed by atoms with Crippen LogP contribution in [-0.2, 0) is 0 Å². The van der Waals surface area contributed by atoms with E-state index in [0.29, 0.717) is 5.56 Å². The summed E-state index contributed by atoms with van der Waals surface area (Å²) in [5.41, 5.74) is 5.59. The van der Waals surface area contributed by atoms with Gasteiger partial charge in [-0.25, -0.2) is 0 Å². The van der Waals surface area contributed by atoms with E-state index in [1.54, 1.807) is 6.26 Å². The Morgan fingerprint density at radius 2 is 2.60 bits per heavy atom. The first-order valence-corrected chi connectivity index (χ1v) is 3.76. The molecule has 5 heteroatoms. The molecule has 0 spiro atoms. The smallest absolute Gasteiger partial charge is 0.233 e. The second kappa shape index (κ2) is 2.74. The molecule has 54 valence electrons. The molecule has 0 aliphatic carbocycles. The Bertz CT molecular complexity index is 246. The van der Waals surface area contributed by atoms with Gasteiger partial charge in [-0.3, -0.25) is 4.79 Å². The largest absolute Gasteiger partial charge is 0.367 e. The number of hydrogen-bond donors (Lipinski definition) is 1. The first-order chi connectivity index (χ1) is 4.75. The number of carbonyl (C=O) groups is 1. The van der Waals surface area contributed by atoms with E-state index in [2.05, 4.69) is 9.68 Å². The predicted molar refractivity (Wildman–Crippen MR) is 38.8 cm³/mol. The van der Waals surface area contributed by atoms with Crippen molar-refractivity contribution in [1.29, 1.82) is 0 Å². The lowest BCUT2D eigenvalue weighted by atomic mass is 10.4. The molecular formula is C5H6N2O2S. The van der Waals surface area contributed by atoms with Crippen LogP contribution in [-0.4, -0.2) is 16.5 Å². The third kappa shape index (κ3) is 1.13. The van der Waals surface area contributed by atoms with Crippen molar-refractivity contribution in [2.24, 2.45) is 0 Å². The molecular weight excluding hydrogens is 152 g/mol. The van der Waals surface area contributed by atoms with Gasteiger partial charge < -0.3 is 10.3 Å². The maximum absolute atomic E-state index is 10.9. The summed E-state index contributed by atoms with van der Waals surface area (Å²) in [6.45, 7) is 0. The summed E-state index contributed by atoms with van der Waals surface area (Å²) in [4.78, 5) is 10.9. The van der Waals surface area contributed by atoms with E-state index in [0.717, 1.165) is 11.8 Å². The van der Waals surface area contributed by atoms with Gasteiger partial charge in [-0.1, -0.05) is 16.9 Å². The van der Waals surface area contributed by atoms with Gasteiger partial charge >= 0.3 is 0 Å². The Kier molecular flexibility index (Phi) is 1.96. The lowest BCUT2D eigenvalue weighted by Gasteiger charge is -1.88. The number of thioether (sulfide) groups is 1. The van der Waals surface area contributed by atoms with E-state index >= 15 is 0 Å². The molecule has 0 aliphatic rings. The fraction of sp³-hybridized carbons (Fsp3) is 0.200. The van der Waals surface area contributed by atoms with Gasteiger partial charge in [0.2, 0.25) is 11.0 Å². The van der Waals surface area contributed by atoms with Crippen LogP contribution in [0.1, 0.15) is 10.4 Å². The van der Waals surface area contributed by atoms with Gasteiger partial charge in [-0.2, -0.15) is 0 Å². The number of rotatable bonds is 1. The van der Waals surface area contributed by atoms with Crippen LogP contribution in [0.3, 0.4) is 0 Å². The SMILES string of the molecule is CSC(=O)c1cnoc1N. The molecule has 0 fully saturated rings. The molecule has 10 heavy (non-hydrogen) atoms. The Balaban J connectivity index is 2.93. The van der Waals surface area contributed by atoms with Gasteiger partial charge in [0.05, 0.1) is 6.20 Å². The molecule has 1 rings (SSSR count). The number of hydrogen-bond acceptors (Lipinski definition) is 5. The zero-order chi connectivity index (χ0) is 7.56. The number of carbonyl (C=O) groups excluding carboxylic acids is 1. The zero-order valence-corrected chi connectivity index (χ0v) is 6.14. The van der Waals surface area contributed by atoms with E-state index in [1.165, 1.54) is 6.20 Å². The molecule has 0 atom stereocenters. The summed E-state index contributed by atoms with van der Waals surface area (Å²) in [6, 6.07) is 0. The van der Waals surface area contributed by atoms with Gasteiger partial charge in [0.15, 0.2) is 0 Å². The maximum Gasteiger partial charge on any atom is 0.233 e. The van der Waals surface area contributed by atoms with Crippen molar-refractivity contribution in [1.82, 2.24) is 5.16 Å². The average molecular weight is 158 g/mol. The quantitative estimate of drug-likeness (QED) is 0.653.